The third-order valence-corrected chi connectivity index (χ3v) is 6.26. The van der Waals surface area contributed by atoms with E-state index in [9.17, 15) is 9.18 Å². The molecule has 0 spiro atoms. The van der Waals surface area contributed by atoms with Crippen LogP contribution in [0.3, 0.4) is 0 Å². The maximum absolute atomic E-state index is 14.7. The van der Waals surface area contributed by atoms with Gasteiger partial charge in [-0.1, -0.05) is 0 Å². The van der Waals surface area contributed by atoms with E-state index in [0.29, 0.717) is 39.4 Å². The second-order valence-corrected chi connectivity index (χ2v) is 8.43. The zero-order valence-electron chi connectivity index (χ0n) is 16.4. The molecular formula is C21H15ClFN3O4S. The molecule has 0 saturated heterocycles. The van der Waals surface area contributed by atoms with Crippen molar-refractivity contribution >= 4 is 49.6 Å². The standard InChI is InChI=1S/C21H15ClFN3O4S/c1-9-3-11(17-14(4-9)25-16(28-2)7-24-17)20-26-15-6-13(23)18-12(19(15)31-20)5-10(30-18)8-29-21(22)27/h3-4,6-7,10H,5,8H2,1-2H3. The van der Waals surface area contributed by atoms with Crippen LogP contribution in [0.15, 0.2) is 24.4 Å². The van der Waals surface area contributed by atoms with Crippen molar-refractivity contribution in [2.45, 2.75) is 19.4 Å². The molecule has 1 aliphatic rings. The van der Waals surface area contributed by atoms with Crippen LogP contribution in [0.1, 0.15) is 11.1 Å². The van der Waals surface area contributed by atoms with Crippen molar-refractivity contribution in [2.24, 2.45) is 0 Å². The van der Waals surface area contributed by atoms with Crippen molar-refractivity contribution in [2.75, 3.05) is 13.7 Å². The van der Waals surface area contributed by atoms with Crippen LogP contribution in [-0.4, -0.2) is 40.2 Å². The highest BCUT2D eigenvalue weighted by molar-refractivity contribution is 7.22. The van der Waals surface area contributed by atoms with Crippen LogP contribution in [0.2, 0.25) is 0 Å². The van der Waals surface area contributed by atoms with E-state index in [2.05, 4.69) is 15.0 Å². The van der Waals surface area contributed by atoms with Crippen LogP contribution in [0.5, 0.6) is 11.6 Å². The monoisotopic (exact) mass is 459 g/mol. The van der Waals surface area contributed by atoms with Gasteiger partial charge in [0, 0.05) is 35.2 Å². The summed E-state index contributed by atoms with van der Waals surface area (Å²) in [4.78, 5) is 24.5. The fraction of sp³-hybridized carbons (Fsp3) is 0.238. The topological polar surface area (TPSA) is 83.4 Å². The molecule has 7 nitrogen and oxygen atoms in total. The molecule has 0 saturated carbocycles. The molecule has 2 aromatic carbocycles. The number of fused-ring (bicyclic) bond motifs is 4. The molecule has 4 aromatic rings. The summed E-state index contributed by atoms with van der Waals surface area (Å²) in [6, 6.07) is 5.27. The van der Waals surface area contributed by atoms with Crippen molar-refractivity contribution in [1.29, 1.82) is 0 Å². The first-order valence-corrected chi connectivity index (χ1v) is 10.5. The third kappa shape index (κ3) is 3.53. The zero-order valence-corrected chi connectivity index (χ0v) is 18.0. The summed E-state index contributed by atoms with van der Waals surface area (Å²) in [7, 11) is 1.54. The van der Waals surface area contributed by atoms with E-state index in [4.69, 9.17) is 25.8 Å². The highest BCUT2D eigenvalue weighted by Crippen LogP contribution is 2.43. The van der Waals surface area contributed by atoms with Gasteiger partial charge in [0.15, 0.2) is 11.6 Å². The van der Waals surface area contributed by atoms with Gasteiger partial charge in [0.25, 0.3) is 0 Å². The number of hydrogen-bond acceptors (Lipinski definition) is 8. The van der Waals surface area contributed by atoms with Gasteiger partial charge in [-0.25, -0.2) is 24.1 Å². The van der Waals surface area contributed by atoms with Crippen LogP contribution in [-0.2, 0) is 11.2 Å². The van der Waals surface area contributed by atoms with Gasteiger partial charge in [-0.2, -0.15) is 0 Å². The Morgan fingerprint density at radius 2 is 2.16 bits per heavy atom. The van der Waals surface area contributed by atoms with Crippen molar-refractivity contribution in [3.8, 4) is 22.2 Å². The van der Waals surface area contributed by atoms with Crippen LogP contribution >= 0.6 is 22.9 Å². The largest absolute Gasteiger partial charge is 0.483 e. The molecule has 3 heterocycles. The van der Waals surface area contributed by atoms with E-state index in [1.807, 2.05) is 19.1 Å². The Kier molecular flexibility index (Phi) is 4.86. The van der Waals surface area contributed by atoms with Gasteiger partial charge in [0.05, 0.1) is 34.6 Å². The molecule has 0 aliphatic carbocycles. The lowest BCUT2D eigenvalue weighted by Crippen LogP contribution is -2.21. The normalized spacial score (nSPS) is 15.2. The van der Waals surface area contributed by atoms with Gasteiger partial charge in [-0.05, 0) is 24.6 Å². The summed E-state index contributed by atoms with van der Waals surface area (Å²) < 4.78 is 31.1. The first-order valence-electron chi connectivity index (χ1n) is 9.35. The molecule has 1 unspecified atom stereocenters. The number of nitrogens with zero attached hydrogens (tertiary/aromatic N) is 3. The van der Waals surface area contributed by atoms with Crippen molar-refractivity contribution < 1.29 is 23.4 Å². The van der Waals surface area contributed by atoms with Crippen molar-refractivity contribution in [3.63, 3.8) is 0 Å². The minimum atomic E-state index is -0.922. The number of aryl methyl sites for hydroxylation is 1. The Bertz CT molecular complexity index is 1360. The first-order chi connectivity index (χ1) is 14.9. The SMILES string of the molecule is COc1cnc2c(-c3nc4cc(F)c5c(c4s3)CC(COC(=O)Cl)O5)cc(C)cc2n1. The van der Waals surface area contributed by atoms with Crippen LogP contribution in [0.25, 0.3) is 31.8 Å². The van der Waals surface area contributed by atoms with Crippen LogP contribution < -0.4 is 9.47 Å². The number of benzene rings is 2. The molecule has 5 rings (SSSR count). The molecule has 158 valence electrons. The minimum Gasteiger partial charge on any atom is -0.483 e. The zero-order chi connectivity index (χ0) is 21.7. The Morgan fingerprint density at radius 1 is 1.32 bits per heavy atom. The molecule has 0 fully saturated rings. The second-order valence-electron chi connectivity index (χ2n) is 7.12. The molecule has 1 atom stereocenters. The first kappa shape index (κ1) is 19.9. The lowest BCUT2D eigenvalue weighted by Gasteiger charge is -2.09. The van der Waals surface area contributed by atoms with Gasteiger partial charge < -0.3 is 14.2 Å². The van der Waals surface area contributed by atoms with Crippen LogP contribution in [0.4, 0.5) is 9.18 Å². The highest BCUT2D eigenvalue weighted by atomic mass is 35.5. The number of aromatic nitrogens is 3. The van der Waals surface area contributed by atoms with Crippen molar-refractivity contribution in [3.05, 3.63) is 41.3 Å². The van der Waals surface area contributed by atoms with Crippen LogP contribution in [0, 0.1) is 12.7 Å². The maximum Gasteiger partial charge on any atom is 0.403 e. The molecule has 31 heavy (non-hydrogen) atoms. The summed E-state index contributed by atoms with van der Waals surface area (Å²) in [5.41, 5.74) is 3.50. The Balaban J connectivity index is 1.61. The predicted molar refractivity (Wildman–Crippen MR) is 115 cm³/mol. The number of methoxy groups -OCH3 is 1. The average Bonchev–Trinajstić information content (AvgIpc) is 3.35. The fourth-order valence-electron chi connectivity index (χ4n) is 3.70. The number of thiazole rings is 1. The lowest BCUT2D eigenvalue weighted by molar-refractivity contribution is 0.107. The summed E-state index contributed by atoms with van der Waals surface area (Å²) in [5, 5.41) is 0.701. The summed E-state index contributed by atoms with van der Waals surface area (Å²) in [6.07, 6.45) is 1.45. The van der Waals surface area contributed by atoms with Gasteiger partial charge in [-0.15, -0.1) is 11.3 Å². The lowest BCUT2D eigenvalue weighted by atomic mass is 10.1. The van der Waals surface area contributed by atoms with E-state index < -0.39 is 17.3 Å². The number of rotatable bonds is 4. The summed E-state index contributed by atoms with van der Waals surface area (Å²) in [6.45, 7) is 1.91. The number of ether oxygens (including phenoxy) is 3. The smallest absolute Gasteiger partial charge is 0.403 e. The Morgan fingerprint density at radius 3 is 2.94 bits per heavy atom. The van der Waals surface area contributed by atoms with Gasteiger partial charge >= 0.3 is 5.43 Å². The predicted octanol–water partition coefficient (Wildman–Crippen LogP) is 5.04. The quantitative estimate of drug-likeness (QED) is 0.395. The van der Waals surface area contributed by atoms with Gasteiger partial charge in [-0.3, -0.25) is 0 Å². The fourth-order valence-corrected chi connectivity index (χ4v) is 4.88. The second kappa shape index (κ2) is 7.58. The number of halogens is 2. The number of carbonyl (C=O) groups is 1. The molecule has 1 aliphatic heterocycles. The summed E-state index contributed by atoms with van der Waals surface area (Å²) >= 11 is 6.66. The molecule has 10 heteroatoms. The molecule has 0 radical (unpaired) electrons. The number of carbonyl (C=O) groups excluding carboxylic acids is 1. The third-order valence-electron chi connectivity index (χ3n) is 4.99. The highest BCUT2D eigenvalue weighted by Gasteiger charge is 2.31. The van der Waals surface area contributed by atoms with E-state index in [0.717, 1.165) is 15.8 Å². The van der Waals surface area contributed by atoms with E-state index in [1.54, 1.807) is 13.3 Å². The average molecular weight is 460 g/mol. The maximum atomic E-state index is 14.7. The molecule has 0 amide bonds. The summed E-state index contributed by atoms with van der Waals surface area (Å²) in [5.74, 6) is 0.0868. The minimum absolute atomic E-state index is 0.0520. The van der Waals surface area contributed by atoms with E-state index in [-0.39, 0.29) is 12.4 Å². The molecular weight excluding hydrogens is 445 g/mol. The Labute approximate surface area is 184 Å². The van der Waals surface area contributed by atoms with E-state index >= 15 is 0 Å². The molecule has 0 N–H and O–H groups in total. The molecule has 2 aromatic heterocycles. The molecule has 0 bridgehead atoms. The Hall–Kier alpha value is -3.04. The number of hydrogen-bond donors (Lipinski definition) is 0. The van der Waals surface area contributed by atoms with Gasteiger partial charge in [0.1, 0.15) is 17.7 Å². The van der Waals surface area contributed by atoms with Crippen molar-refractivity contribution in [1.82, 2.24) is 15.0 Å². The van der Waals surface area contributed by atoms with E-state index in [1.165, 1.54) is 17.4 Å². The van der Waals surface area contributed by atoms with Gasteiger partial charge in [0.2, 0.25) is 5.88 Å².